The summed E-state index contributed by atoms with van der Waals surface area (Å²) >= 11 is 0. The van der Waals surface area contributed by atoms with Gasteiger partial charge in [0.15, 0.2) is 0 Å². The highest BCUT2D eigenvalue weighted by molar-refractivity contribution is 7.79. The molecule has 2 heterocycles. The zero-order chi connectivity index (χ0) is 39.1. The molecule has 0 saturated carbocycles. The van der Waals surface area contributed by atoms with Crippen LogP contribution >= 0.6 is 0 Å². The Morgan fingerprint density at radius 1 is 0.434 bits per heavy atom. The molecule has 2 saturated heterocycles. The van der Waals surface area contributed by atoms with Gasteiger partial charge >= 0.3 is 10.4 Å². The summed E-state index contributed by atoms with van der Waals surface area (Å²) in [6, 6.07) is 0. The van der Waals surface area contributed by atoms with Gasteiger partial charge in [0.1, 0.15) is 0 Å². The lowest BCUT2D eigenvalue weighted by Crippen LogP contribution is -2.42. The Morgan fingerprint density at radius 2 is 0.660 bits per heavy atom. The number of unbranched alkanes of at least 4 members (excludes halogenated alkanes) is 26. The Kier molecular flexibility index (Phi) is 39.7. The number of hydrogen-bond acceptors (Lipinski definition) is 6. The van der Waals surface area contributed by atoms with Gasteiger partial charge < -0.3 is 9.47 Å². The van der Waals surface area contributed by atoms with E-state index in [1.54, 1.807) is 0 Å². The van der Waals surface area contributed by atoms with Crippen molar-refractivity contribution in [1.29, 1.82) is 0 Å². The van der Waals surface area contributed by atoms with E-state index in [1.165, 1.54) is 193 Å². The Morgan fingerprint density at radius 3 is 0.887 bits per heavy atom. The fourth-order valence-corrected chi connectivity index (χ4v) is 7.52. The third-order valence-corrected chi connectivity index (χ3v) is 11.0. The van der Waals surface area contributed by atoms with Crippen molar-refractivity contribution in [2.75, 3.05) is 52.5 Å². The van der Waals surface area contributed by atoms with Crippen LogP contribution in [0.25, 0.3) is 0 Å². The van der Waals surface area contributed by atoms with Crippen LogP contribution in [0, 0.1) is 0 Å². The van der Waals surface area contributed by atoms with Crippen LogP contribution in [-0.4, -0.2) is 92.0 Å². The predicted molar refractivity (Wildman–Crippen MR) is 228 cm³/mol. The van der Waals surface area contributed by atoms with E-state index in [0.717, 1.165) is 52.2 Å². The molecule has 0 aromatic carbocycles. The molecule has 0 aromatic heterocycles. The average Bonchev–Trinajstić information content (AvgIpc) is 3.15. The summed E-state index contributed by atoms with van der Waals surface area (Å²) in [6.07, 6.45) is 43.8. The van der Waals surface area contributed by atoms with Gasteiger partial charge in [-0.1, -0.05) is 195 Å². The lowest BCUT2D eigenvalue weighted by atomic mass is 10.0. The van der Waals surface area contributed by atoms with Gasteiger partial charge in [-0.2, -0.15) is 8.42 Å². The van der Waals surface area contributed by atoms with E-state index in [4.69, 9.17) is 27.0 Å². The average molecular weight is 777 g/mol. The van der Waals surface area contributed by atoms with E-state index in [-0.39, 0.29) is 0 Å². The van der Waals surface area contributed by atoms with Crippen LogP contribution in [0.1, 0.15) is 220 Å². The summed E-state index contributed by atoms with van der Waals surface area (Å²) in [7, 11) is -4.67. The molecule has 2 unspecified atom stereocenters. The van der Waals surface area contributed by atoms with Gasteiger partial charge in [-0.3, -0.25) is 18.9 Å². The molecule has 2 rings (SSSR count). The number of rotatable bonds is 32. The molecule has 0 aromatic rings. The maximum atomic E-state index is 8.74. The normalized spacial score (nSPS) is 18.3. The van der Waals surface area contributed by atoms with Crippen molar-refractivity contribution in [2.45, 2.75) is 233 Å². The van der Waals surface area contributed by atoms with Gasteiger partial charge in [0.05, 0.1) is 25.4 Å². The third kappa shape index (κ3) is 41.2. The summed E-state index contributed by atoms with van der Waals surface area (Å²) in [5, 5.41) is 0. The second kappa shape index (κ2) is 39.9. The first kappa shape index (κ1) is 52.7. The van der Waals surface area contributed by atoms with E-state index in [1.807, 2.05) is 0 Å². The van der Waals surface area contributed by atoms with E-state index in [2.05, 4.69) is 37.5 Å². The molecule has 0 spiro atoms. The fraction of sp³-hybridized carbons (Fsp3) is 1.00. The van der Waals surface area contributed by atoms with E-state index < -0.39 is 10.4 Å². The van der Waals surface area contributed by atoms with Gasteiger partial charge in [-0.25, -0.2) is 0 Å². The smallest absolute Gasteiger partial charge is 0.376 e. The van der Waals surface area contributed by atoms with Gasteiger partial charge in [0.25, 0.3) is 0 Å². The zero-order valence-electron chi connectivity index (χ0n) is 35.9. The second-order valence-corrected chi connectivity index (χ2v) is 16.9. The molecule has 9 heteroatoms. The molecule has 0 amide bonds. The molecule has 0 bridgehead atoms. The van der Waals surface area contributed by atoms with E-state index in [0.29, 0.717) is 12.2 Å². The summed E-state index contributed by atoms with van der Waals surface area (Å²) in [6.45, 7) is 18.1. The van der Waals surface area contributed by atoms with Crippen LogP contribution < -0.4 is 0 Å². The third-order valence-electron chi connectivity index (χ3n) is 11.0. The highest BCUT2D eigenvalue weighted by atomic mass is 32.3. The van der Waals surface area contributed by atoms with Crippen LogP contribution in [0.2, 0.25) is 0 Å². The lowest BCUT2D eigenvalue weighted by molar-refractivity contribution is -0.0300. The molecule has 8 nitrogen and oxygen atoms in total. The molecule has 2 aliphatic rings. The van der Waals surface area contributed by atoms with Crippen LogP contribution in [0.5, 0.6) is 0 Å². The van der Waals surface area contributed by atoms with Crippen LogP contribution in [0.3, 0.4) is 0 Å². The quantitative estimate of drug-likeness (QED) is 0.0515. The molecule has 320 valence electrons. The highest BCUT2D eigenvalue weighted by Gasteiger charge is 2.19. The minimum Gasteiger partial charge on any atom is -0.376 e. The van der Waals surface area contributed by atoms with Crippen molar-refractivity contribution in [2.24, 2.45) is 0 Å². The van der Waals surface area contributed by atoms with Crippen molar-refractivity contribution in [1.82, 2.24) is 9.80 Å². The Bertz CT molecular complexity index is 773. The largest absolute Gasteiger partial charge is 0.394 e. The van der Waals surface area contributed by atoms with E-state index >= 15 is 0 Å². The van der Waals surface area contributed by atoms with Crippen molar-refractivity contribution < 1.29 is 27.0 Å². The molecule has 0 radical (unpaired) electrons. The summed E-state index contributed by atoms with van der Waals surface area (Å²) < 4.78 is 43.1. The summed E-state index contributed by atoms with van der Waals surface area (Å²) in [5.41, 5.74) is 0. The minimum absolute atomic E-state index is 0.491. The Balaban J connectivity index is 0.000000904. The predicted octanol–water partition coefficient (Wildman–Crippen LogP) is 12.5. The first-order valence-corrected chi connectivity index (χ1v) is 24.5. The van der Waals surface area contributed by atoms with E-state index in [9.17, 15) is 0 Å². The zero-order valence-corrected chi connectivity index (χ0v) is 36.7. The van der Waals surface area contributed by atoms with Gasteiger partial charge in [0.2, 0.25) is 0 Å². The van der Waals surface area contributed by atoms with Gasteiger partial charge in [-0.15, -0.1) is 0 Å². The molecule has 2 fully saturated rings. The number of nitrogens with zero attached hydrogens (tertiary/aromatic N) is 2. The number of morpholine rings is 2. The minimum atomic E-state index is -4.67. The van der Waals surface area contributed by atoms with Crippen molar-refractivity contribution in [3.05, 3.63) is 0 Å². The van der Waals surface area contributed by atoms with Gasteiger partial charge in [0, 0.05) is 26.2 Å². The fourth-order valence-electron chi connectivity index (χ4n) is 7.52. The Labute approximate surface area is 331 Å². The number of hydrogen-bond donors (Lipinski definition) is 2. The topological polar surface area (TPSA) is 99.5 Å². The first-order valence-electron chi connectivity index (χ1n) is 23.1. The van der Waals surface area contributed by atoms with Crippen LogP contribution in [-0.2, 0) is 19.9 Å². The molecule has 2 aliphatic heterocycles. The van der Waals surface area contributed by atoms with Gasteiger partial charge in [-0.05, 0) is 38.8 Å². The van der Waals surface area contributed by atoms with Crippen LogP contribution in [0.4, 0.5) is 0 Å². The molecular weight excluding hydrogens is 685 g/mol. The van der Waals surface area contributed by atoms with Crippen molar-refractivity contribution >= 4 is 10.4 Å². The maximum Gasteiger partial charge on any atom is 0.394 e. The molecule has 0 aliphatic carbocycles. The van der Waals surface area contributed by atoms with Crippen molar-refractivity contribution in [3.8, 4) is 0 Å². The molecule has 2 atom stereocenters. The first-order chi connectivity index (χ1) is 25.7. The highest BCUT2D eigenvalue weighted by Crippen LogP contribution is 2.16. The Hall–Kier alpha value is -0.290. The second-order valence-electron chi connectivity index (χ2n) is 16.0. The van der Waals surface area contributed by atoms with Crippen molar-refractivity contribution in [3.63, 3.8) is 0 Å². The molecular formula is C44H92N2O6S. The molecule has 2 N–H and O–H groups in total. The summed E-state index contributed by atoms with van der Waals surface area (Å²) in [4.78, 5) is 5.22. The van der Waals surface area contributed by atoms with Crippen LogP contribution in [0.15, 0.2) is 0 Å². The monoisotopic (exact) mass is 777 g/mol. The summed E-state index contributed by atoms with van der Waals surface area (Å²) in [5.74, 6) is 0. The molecule has 53 heavy (non-hydrogen) atoms. The maximum absolute atomic E-state index is 8.74. The SMILES string of the molecule is CCCCCCCCCCCCCCCCN1CCOC(CC)C1.CCCCCCCCCCCCCCCCN1CCOC(CC)C1.O=S(=O)(O)O. The number of ether oxygens (including phenoxy) is 2. The lowest BCUT2D eigenvalue weighted by Gasteiger charge is -2.32. The standard InChI is InChI=1S/2C22H45NO.H2O4S/c2*1-3-5-6-7-8-9-10-11-12-13-14-15-16-17-18-23-19-20-24-22(4-2)21-23;1-5(2,3)4/h2*22H,3-21H2,1-2H3;(H2,1,2,3,4).